The molecule has 0 aliphatic heterocycles. The van der Waals surface area contributed by atoms with E-state index in [1.807, 2.05) is 0 Å². The Balaban J connectivity index is 1.61. The molecule has 1 unspecified atom stereocenters. The summed E-state index contributed by atoms with van der Waals surface area (Å²) in [5.74, 6) is -1.21. The van der Waals surface area contributed by atoms with Crippen molar-refractivity contribution >= 4 is 44.4 Å². The molecule has 0 aliphatic rings. The van der Waals surface area contributed by atoms with Crippen molar-refractivity contribution in [2.45, 2.75) is 17.3 Å². The first-order chi connectivity index (χ1) is 16.1. The Kier molecular flexibility index (Phi) is 6.50. The van der Waals surface area contributed by atoms with Crippen LogP contribution in [0.4, 0.5) is 18.9 Å². The number of nitrogens with one attached hydrogen (secondary N) is 2. The van der Waals surface area contributed by atoms with Crippen LogP contribution in [0.3, 0.4) is 0 Å². The number of aromatic nitrogens is 2. The van der Waals surface area contributed by atoms with Gasteiger partial charge in [0.05, 0.1) is 11.7 Å². The predicted octanol–water partition coefficient (Wildman–Crippen LogP) is 4.25. The van der Waals surface area contributed by atoms with Gasteiger partial charge in [-0.2, -0.15) is 13.5 Å². The van der Waals surface area contributed by atoms with E-state index < -0.39 is 34.1 Å². The molecule has 0 radical (unpaired) electrons. The van der Waals surface area contributed by atoms with Gasteiger partial charge >= 0.3 is 6.36 Å². The summed E-state index contributed by atoms with van der Waals surface area (Å²) in [4.78, 5) is 12.9. The van der Waals surface area contributed by atoms with Gasteiger partial charge in [-0.1, -0.05) is 36.4 Å². The molecule has 4 rings (SSSR count). The van der Waals surface area contributed by atoms with Crippen LogP contribution in [0.5, 0.6) is 5.75 Å². The maximum absolute atomic E-state index is 13.2. The number of hydrogen-bond donors (Lipinski definition) is 2. The Labute approximate surface area is 195 Å². The largest absolute Gasteiger partial charge is 0.573 e. The summed E-state index contributed by atoms with van der Waals surface area (Å²) < 4.78 is 77.7. The highest BCUT2D eigenvalue weighted by Gasteiger charge is 2.31. The lowest BCUT2D eigenvalue weighted by Gasteiger charge is -2.19. The van der Waals surface area contributed by atoms with Gasteiger partial charge in [0.2, 0.25) is 15.9 Å². The number of hydrogen-bond acceptors (Lipinski definition) is 7. The van der Waals surface area contributed by atoms with Gasteiger partial charge in [-0.25, -0.2) is 8.42 Å². The van der Waals surface area contributed by atoms with Gasteiger partial charge in [0.15, 0.2) is 0 Å². The number of rotatable bonds is 7. The molecule has 3 aromatic carbocycles. The summed E-state index contributed by atoms with van der Waals surface area (Å²) in [5, 5.41) is 2.51. The smallest absolute Gasteiger partial charge is 0.406 e. The number of fused-ring (bicyclic) bond motifs is 1. The third-order valence-electron chi connectivity index (χ3n) is 4.56. The first kappa shape index (κ1) is 23.6. The van der Waals surface area contributed by atoms with Crippen molar-refractivity contribution in [2.75, 3.05) is 5.32 Å². The normalized spacial score (nSPS) is 12.9. The standard InChI is InChI=1S/C21H15F3N4O4S2/c22-21(23,24)32-15-11-9-14(10-12-15)25-20(29)18(13-5-2-1-3-6-13)28-34(30,31)17-8-4-7-16-19(17)27-33-26-16/h1-12,18,28H,(H,25,29). The Morgan fingerprint density at radius 3 is 2.32 bits per heavy atom. The summed E-state index contributed by atoms with van der Waals surface area (Å²) in [6.07, 6.45) is -4.85. The van der Waals surface area contributed by atoms with Crippen molar-refractivity contribution < 1.29 is 31.1 Å². The molecule has 0 saturated heterocycles. The van der Waals surface area contributed by atoms with E-state index in [-0.39, 0.29) is 16.1 Å². The second-order valence-corrected chi connectivity index (χ2v) is 9.13. The number of carbonyl (C=O) groups is 1. The van der Waals surface area contributed by atoms with Crippen molar-refractivity contribution in [2.24, 2.45) is 0 Å². The summed E-state index contributed by atoms with van der Waals surface area (Å²) in [7, 11) is -4.22. The van der Waals surface area contributed by atoms with Gasteiger partial charge in [0.25, 0.3) is 0 Å². The molecule has 0 aliphatic carbocycles. The zero-order valence-electron chi connectivity index (χ0n) is 17.0. The van der Waals surface area contributed by atoms with E-state index >= 15 is 0 Å². The number of benzene rings is 3. The number of nitrogens with zero attached hydrogens (tertiary/aromatic N) is 2. The number of amides is 1. The van der Waals surface area contributed by atoms with Crippen LogP contribution in [0.2, 0.25) is 0 Å². The minimum Gasteiger partial charge on any atom is -0.406 e. The number of alkyl halides is 3. The molecule has 2 N–H and O–H groups in total. The van der Waals surface area contributed by atoms with Crippen LogP contribution in [0.25, 0.3) is 11.0 Å². The average Bonchev–Trinajstić information content (AvgIpc) is 3.27. The third kappa shape index (κ3) is 5.50. The number of carbonyl (C=O) groups excluding carboxylic acids is 1. The number of halogens is 3. The maximum atomic E-state index is 13.2. The van der Waals surface area contributed by atoms with Crippen molar-refractivity contribution in [3.05, 3.63) is 78.4 Å². The summed E-state index contributed by atoms with van der Waals surface area (Å²) >= 11 is 0.859. The van der Waals surface area contributed by atoms with Gasteiger partial charge < -0.3 is 10.1 Å². The molecule has 176 valence electrons. The first-order valence-electron chi connectivity index (χ1n) is 9.58. The van der Waals surface area contributed by atoms with E-state index in [1.54, 1.807) is 36.4 Å². The van der Waals surface area contributed by atoms with E-state index in [2.05, 4.69) is 23.5 Å². The van der Waals surface area contributed by atoms with Crippen molar-refractivity contribution in [1.82, 2.24) is 13.5 Å². The number of anilines is 1. The molecule has 0 bridgehead atoms. The fourth-order valence-electron chi connectivity index (χ4n) is 3.09. The summed E-state index contributed by atoms with van der Waals surface area (Å²) in [6.45, 7) is 0. The molecule has 34 heavy (non-hydrogen) atoms. The Bertz CT molecular complexity index is 1410. The first-order valence-corrected chi connectivity index (χ1v) is 11.8. The molecule has 0 spiro atoms. The van der Waals surface area contributed by atoms with Crippen molar-refractivity contribution in [3.63, 3.8) is 0 Å². The predicted molar refractivity (Wildman–Crippen MR) is 119 cm³/mol. The third-order valence-corrected chi connectivity index (χ3v) is 6.56. The molecule has 0 saturated carbocycles. The second kappa shape index (κ2) is 9.37. The lowest BCUT2D eigenvalue weighted by molar-refractivity contribution is -0.274. The van der Waals surface area contributed by atoms with Gasteiger partial charge in [0.1, 0.15) is 27.7 Å². The highest BCUT2D eigenvalue weighted by Crippen LogP contribution is 2.26. The molecule has 1 atom stereocenters. The average molecular weight is 509 g/mol. The second-order valence-electron chi connectivity index (χ2n) is 6.91. The van der Waals surface area contributed by atoms with Gasteiger partial charge in [0, 0.05) is 5.69 Å². The van der Waals surface area contributed by atoms with Gasteiger partial charge in [-0.3, -0.25) is 4.79 Å². The van der Waals surface area contributed by atoms with Gasteiger partial charge in [-0.15, -0.1) is 13.2 Å². The van der Waals surface area contributed by atoms with Crippen molar-refractivity contribution in [1.29, 1.82) is 0 Å². The lowest BCUT2D eigenvalue weighted by Crippen LogP contribution is -2.37. The monoisotopic (exact) mass is 508 g/mol. The maximum Gasteiger partial charge on any atom is 0.573 e. The highest BCUT2D eigenvalue weighted by molar-refractivity contribution is 7.89. The topological polar surface area (TPSA) is 110 Å². The quantitative estimate of drug-likeness (QED) is 0.386. The molecule has 8 nitrogen and oxygen atoms in total. The number of ether oxygens (including phenoxy) is 1. The summed E-state index contributed by atoms with van der Waals surface area (Å²) in [6, 6.07) is 15.7. The van der Waals surface area contributed by atoms with Crippen LogP contribution >= 0.6 is 11.7 Å². The fourth-order valence-corrected chi connectivity index (χ4v) is 5.04. The minimum atomic E-state index is -4.85. The molecular weight excluding hydrogens is 493 g/mol. The molecule has 13 heteroatoms. The van der Waals surface area contributed by atoms with E-state index in [0.29, 0.717) is 11.1 Å². The molecule has 1 heterocycles. The van der Waals surface area contributed by atoms with E-state index in [9.17, 15) is 26.4 Å². The van der Waals surface area contributed by atoms with Crippen LogP contribution in [0, 0.1) is 0 Å². The van der Waals surface area contributed by atoms with Crippen LogP contribution in [0.1, 0.15) is 11.6 Å². The summed E-state index contributed by atoms with van der Waals surface area (Å²) in [5.41, 5.74) is 1.07. The minimum absolute atomic E-state index is 0.138. The van der Waals surface area contributed by atoms with Gasteiger partial charge in [-0.05, 0) is 42.0 Å². The molecule has 0 fully saturated rings. The SMILES string of the molecule is O=C(Nc1ccc(OC(F)(F)F)cc1)C(NS(=O)(=O)c1cccc2nsnc12)c1ccccc1. The Morgan fingerprint density at radius 2 is 1.65 bits per heavy atom. The van der Waals surface area contributed by atoms with Crippen LogP contribution in [-0.4, -0.2) is 29.4 Å². The molecular formula is C21H15F3N4O4S2. The molecule has 1 aromatic heterocycles. The van der Waals surface area contributed by atoms with E-state index in [1.165, 1.54) is 24.3 Å². The fraction of sp³-hybridized carbons (Fsp3) is 0.0952. The van der Waals surface area contributed by atoms with E-state index in [0.717, 1.165) is 23.9 Å². The highest BCUT2D eigenvalue weighted by atomic mass is 32.2. The van der Waals surface area contributed by atoms with Crippen LogP contribution in [-0.2, 0) is 14.8 Å². The Morgan fingerprint density at radius 1 is 0.941 bits per heavy atom. The van der Waals surface area contributed by atoms with Crippen LogP contribution in [0.15, 0.2) is 77.7 Å². The van der Waals surface area contributed by atoms with E-state index in [4.69, 9.17) is 0 Å². The number of sulfonamides is 1. The molecule has 4 aromatic rings. The van der Waals surface area contributed by atoms with Crippen LogP contribution < -0.4 is 14.8 Å². The zero-order chi connectivity index (χ0) is 24.3. The molecule has 1 amide bonds. The lowest BCUT2D eigenvalue weighted by atomic mass is 10.1. The Hall–Kier alpha value is -3.55. The zero-order valence-corrected chi connectivity index (χ0v) is 18.6. The van der Waals surface area contributed by atoms with Crippen molar-refractivity contribution in [3.8, 4) is 5.75 Å².